The van der Waals surface area contributed by atoms with Crippen LogP contribution >= 0.6 is 15.9 Å². The van der Waals surface area contributed by atoms with Crippen LogP contribution in [-0.4, -0.2) is 25.7 Å². The minimum Gasteiger partial charge on any atom is -0.505 e. The molecule has 0 bridgehead atoms. The van der Waals surface area contributed by atoms with Crippen molar-refractivity contribution in [1.29, 1.82) is 0 Å². The van der Waals surface area contributed by atoms with Gasteiger partial charge in [-0.25, -0.2) is 0 Å². The van der Waals surface area contributed by atoms with Crippen molar-refractivity contribution in [2.45, 2.75) is 13.3 Å². The number of carbonyl (C=O) groups excluding carboxylic acids is 1. The summed E-state index contributed by atoms with van der Waals surface area (Å²) in [5.74, 6) is -1.41. The summed E-state index contributed by atoms with van der Waals surface area (Å²) in [6, 6.07) is 11.8. The highest BCUT2D eigenvalue weighted by Gasteiger charge is 2.19. The molecule has 0 aliphatic rings. The Morgan fingerprint density at radius 2 is 1.93 bits per heavy atom. The molecule has 1 heterocycles. The van der Waals surface area contributed by atoms with Crippen LogP contribution in [0.25, 0.3) is 5.69 Å². The average molecular weight is 459 g/mol. The van der Waals surface area contributed by atoms with Gasteiger partial charge in [-0.15, -0.1) is 0 Å². The van der Waals surface area contributed by atoms with Crippen LogP contribution in [0.4, 0.5) is 11.4 Å². The Balaban J connectivity index is 1.96. The van der Waals surface area contributed by atoms with Gasteiger partial charge in [0.2, 0.25) is 0 Å². The number of nitro benzene ring substituents is 1. The van der Waals surface area contributed by atoms with Crippen molar-refractivity contribution in [3.8, 4) is 11.4 Å². The van der Waals surface area contributed by atoms with E-state index < -0.39 is 27.8 Å². The molecule has 2 aromatic carbocycles. The molecule has 1 aromatic heterocycles. The topological polar surface area (TPSA) is 127 Å². The summed E-state index contributed by atoms with van der Waals surface area (Å²) in [5, 5.41) is 27.6. The second kappa shape index (κ2) is 8.23. The van der Waals surface area contributed by atoms with E-state index in [0.717, 1.165) is 15.2 Å². The molecular weight excluding hydrogens is 444 g/mol. The number of halogens is 1. The number of nitro groups is 1. The van der Waals surface area contributed by atoms with Crippen LogP contribution in [0.5, 0.6) is 5.75 Å². The monoisotopic (exact) mass is 458 g/mol. The molecule has 3 rings (SSSR count). The maximum Gasteiger partial charge on any atom is 0.279 e. The van der Waals surface area contributed by atoms with Crippen LogP contribution < -0.4 is 10.9 Å². The van der Waals surface area contributed by atoms with Crippen LogP contribution in [0, 0.1) is 10.1 Å². The molecule has 3 aromatic rings. The number of amides is 1. The number of aromatic hydroxyl groups is 1. The molecule has 0 spiro atoms. The van der Waals surface area contributed by atoms with E-state index in [-0.39, 0.29) is 11.4 Å². The highest BCUT2D eigenvalue weighted by Crippen LogP contribution is 2.24. The Labute approximate surface area is 172 Å². The molecule has 0 unspecified atom stereocenters. The molecule has 2 N–H and O–H groups in total. The number of anilines is 1. The first-order valence-corrected chi connectivity index (χ1v) is 9.27. The van der Waals surface area contributed by atoms with Crippen molar-refractivity contribution in [3.63, 3.8) is 0 Å². The van der Waals surface area contributed by atoms with Crippen LogP contribution in [0.3, 0.4) is 0 Å². The van der Waals surface area contributed by atoms with Gasteiger partial charge < -0.3 is 10.4 Å². The summed E-state index contributed by atoms with van der Waals surface area (Å²) in [7, 11) is 0. The Hall–Kier alpha value is -3.53. The summed E-state index contributed by atoms with van der Waals surface area (Å²) in [5.41, 5.74) is -0.0456. The lowest BCUT2D eigenvalue weighted by molar-refractivity contribution is -0.385. The van der Waals surface area contributed by atoms with Gasteiger partial charge in [-0.05, 0) is 36.8 Å². The number of aryl methyl sites for hydroxylation is 1. The second-order valence-corrected chi connectivity index (χ2v) is 6.93. The molecule has 0 aliphatic heterocycles. The van der Waals surface area contributed by atoms with Gasteiger partial charge in [0.15, 0.2) is 11.4 Å². The number of aromatic nitrogens is 2. The normalized spacial score (nSPS) is 10.6. The zero-order valence-electron chi connectivity index (χ0n) is 15.1. The van der Waals surface area contributed by atoms with E-state index >= 15 is 0 Å². The zero-order chi connectivity index (χ0) is 21.1. The van der Waals surface area contributed by atoms with Gasteiger partial charge in [0.1, 0.15) is 0 Å². The predicted octanol–water partition coefficient (Wildman–Crippen LogP) is 3.42. The van der Waals surface area contributed by atoms with Crippen LogP contribution in [0.1, 0.15) is 23.0 Å². The minimum atomic E-state index is -0.813. The Bertz CT molecular complexity index is 1160. The third-order valence-electron chi connectivity index (χ3n) is 4.12. The van der Waals surface area contributed by atoms with Crippen LogP contribution in [0.15, 0.2) is 57.8 Å². The van der Waals surface area contributed by atoms with Crippen molar-refractivity contribution in [1.82, 2.24) is 9.78 Å². The first-order valence-electron chi connectivity index (χ1n) is 8.48. The van der Waals surface area contributed by atoms with Crippen molar-refractivity contribution < 1.29 is 14.8 Å². The maximum absolute atomic E-state index is 12.6. The molecule has 0 atom stereocenters. The van der Waals surface area contributed by atoms with E-state index in [1.807, 2.05) is 0 Å². The number of nitrogens with zero attached hydrogens (tertiary/aromatic N) is 3. The third kappa shape index (κ3) is 4.32. The largest absolute Gasteiger partial charge is 0.505 e. The predicted molar refractivity (Wildman–Crippen MR) is 110 cm³/mol. The fourth-order valence-corrected chi connectivity index (χ4v) is 2.94. The highest BCUT2D eigenvalue weighted by molar-refractivity contribution is 9.10. The fraction of sp³-hybridized carbons (Fsp3) is 0.105. The SMILES string of the molecule is CCc1ccc(NC(=O)c2nn(-c3ccc(Br)cc3)c(=O)cc2O)cc1[N+](=O)[O-]. The highest BCUT2D eigenvalue weighted by atomic mass is 79.9. The molecule has 0 saturated carbocycles. The molecule has 1 amide bonds. The molecule has 29 heavy (non-hydrogen) atoms. The van der Waals surface area contributed by atoms with Gasteiger partial charge in [-0.2, -0.15) is 9.78 Å². The van der Waals surface area contributed by atoms with E-state index in [2.05, 4.69) is 26.3 Å². The summed E-state index contributed by atoms with van der Waals surface area (Å²) in [4.78, 5) is 35.4. The van der Waals surface area contributed by atoms with Crippen molar-refractivity contribution >= 4 is 33.2 Å². The smallest absolute Gasteiger partial charge is 0.279 e. The second-order valence-electron chi connectivity index (χ2n) is 6.01. The number of nitrogens with one attached hydrogen (secondary N) is 1. The molecule has 0 fully saturated rings. The van der Waals surface area contributed by atoms with Gasteiger partial charge in [-0.1, -0.05) is 28.9 Å². The summed E-state index contributed by atoms with van der Waals surface area (Å²) in [6.45, 7) is 1.79. The third-order valence-corrected chi connectivity index (χ3v) is 4.65. The number of carbonyl (C=O) groups is 1. The number of hydrogen-bond acceptors (Lipinski definition) is 6. The molecule has 148 valence electrons. The van der Waals surface area contributed by atoms with Gasteiger partial charge in [0, 0.05) is 27.9 Å². The molecule has 10 heteroatoms. The van der Waals surface area contributed by atoms with Gasteiger partial charge in [0.25, 0.3) is 17.2 Å². The van der Waals surface area contributed by atoms with Gasteiger partial charge in [-0.3, -0.25) is 19.7 Å². The van der Waals surface area contributed by atoms with Crippen molar-refractivity contribution in [3.05, 3.63) is 84.7 Å². The maximum atomic E-state index is 12.6. The average Bonchev–Trinajstić information content (AvgIpc) is 2.68. The van der Waals surface area contributed by atoms with E-state index in [1.54, 1.807) is 37.3 Å². The number of benzene rings is 2. The molecule has 9 nitrogen and oxygen atoms in total. The molecule has 0 radical (unpaired) electrons. The van der Waals surface area contributed by atoms with E-state index in [9.17, 15) is 24.8 Å². The first-order chi connectivity index (χ1) is 13.8. The van der Waals surface area contributed by atoms with Crippen molar-refractivity contribution in [2.24, 2.45) is 0 Å². The van der Waals surface area contributed by atoms with E-state index in [1.165, 1.54) is 12.1 Å². The minimum absolute atomic E-state index is 0.123. The quantitative estimate of drug-likeness (QED) is 0.445. The molecule has 0 aliphatic carbocycles. The lowest BCUT2D eigenvalue weighted by Crippen LogP contribution is -2.25. The van der Waals surface area contributed by atoms with Crippen LogP contribution in [0.2, 0.25) is 0 Å². The standard InChI is InChI=1S/C19H15BrN4O5/c1-2-11-3-6-13(9-15(11)24(28)29)21-19(27)18-16(25)10-17(26)23(22-18)14-7-4-12(20)5-8-14/h3-10,25H,2H2,1H3,(H,21,27). The summed E-state index contributed by atoms with van der Waals surface area (Å²) in [6.07, 6.45) is 0.463. The Morgan fingerprint density at radius 1 is 1.24 bits per heavy atom. The molecular formula is C19H15BrN4O5. The number of hydrogen-bond donors (Lipinski definition) is 2. The van der Waals surface area contributed by atoms with Gasteiger partial charge in [0.05, 0.1) is 10.6 Å². The van der Waals surface area contributed by atoms with E-state index in [4.69, 9.17) is 0 Å². The summed E-state index contributed by atoms with van der Waals surface area (Å²) < 4.78 is 1.77. The fourth-order valence-electron chi connectivity index (χ4n) is 2.68. The lowest BCUT2D eigenvalue weighted by Gasteiger charge is -2.10. The van der Waals surface area contributed by atoms with Crippen LogP contribution in [-0.2, 0) is 6.42 Å². The molecule has 0 saturated heterocycles. The number of rotatable bonds is 5. The Morgan fingerprint density at radius 3 is 2.55 bits per heavy atom. The first kappa shape index (κ1) is 20.2. The summed E-state index contributed by atoms with van der Waals surface area (Å²) >= 11 is 3.29. The lowest BCUT2D eigenvalue weighted by atomic mass is 10.1. The zero-order valence-corrected chi connectivity index (χ0v) is 16.7. The van der Waals surface area contributed by atoms with Crippen molar-refractivity contribution in [2.75, 3.05) is 5.32 Å². The van der Waals surface area contributed by atoms with E-state index in [0.29, 0.717) is 17.7 Å². The Kier molecular flexibility index (Phi) is 5.74. The van der Waals surface area contributed by atoms with Gasteiger partial charge >= 0.3 is 0 Å².